The number of rotatable bonds is 3. The lowest BCUT2D eigenvalue weighted by molar-refractivity contribution is -0.146. The van der Waals surface area contributed by atoms with Gasteiger partial charge in [0.05, 0.1) is 0 Å². The van der Waals surface area contributed by atoms with Crippen molar-refractivity contribution < 1.29 is 15.0 Å². The normalized spacial score (nSPS) is 22.4. The summed E-state index contributed by atoms with van der Waals surface area (Å²) in [5.74, 6) is -0.277. The van der Waals surface area contributed by atoms with Crippen LogP contribution >= 0.6 is 0 Å². The van der Waals surface area contributed by atoms with Crippen LogP contribution < -0.4 is 11.1 Å². The fourth-order valence-corrected chi connectivity index (χ4v) is 1.08. The summed E-state index contributed by atoms with van der Waals surface area (Å²) >= 11 is 0. The Morgan fingerprint density at radius 1 is 1.71 bits per heavy atom. The van der Waals surface area contributed by atoms with Gasteiger partial charge in [-0.15, -0.1) is 0 Å². The molecule has 5 nitrogen and oxygen atoms in total. The van der Waals surface area contributed by atoms with Crippen molar-refractivity contribution >= 4 is 5.97 Å². The number of nitrogens with one attached hydrogen (secondary N) is 1. The van der Waals surface area contributed by atoms with E-state index in [0.29, 0.717) is 0 Å². The first kappa shape index (κ1) is 13.4. The molecule has 5 heteroatoms. The Labute approximate surface area is 84.3 Å². The summed E-state index contributed by atoms with van der Waals surface area (Å²) in [5.41, 5.74) is 4.94. The number of carboxylic acids is 1. The number of aliphatic carboxylic acids is 1. The van der Waals surface area contributed by atoms with Crippen LogP contribution in [-0.4, -0.2) is 41.9 Å². The largest absolute Gasteiger partial charge is 0.479 e. The molecular formula is C9H20N2O3. The van der Waals surface area contributed by atoms with E-state index in [2.05, 4.69) is 12.2 Å². The Hall–Kier alpha value is -0.650. The Balaban J connectivity index is 0.000000249. The summed E-state index contributed by atoms with van der Waals surface area (Å²) < 4.78 is 0. The zero-order chi connectivity index (χ0) is 11.0. The van der Waals surface area contributed by atoms with E-state index in [0.717, 1.165) is 5.92 Å². The van der Waals surface area contributed by atoms with Crippen molar-refractivity contribution in [3.8, 4) is 0 Å². The first-order chi connectivity index (χ1) is 6.57. The van der Waals surface area contributed by atoms with Crippen molar-refractivity contribution in [2.75, 3.05) is 19.6 Å². The highest BCUT2D eigenvalue weighted by atomic mass is 16.4. The maximum Gasteiger partial charge on any atom is 0.332 e. The maximum atomic E-state index is 9.78. The molecule has 0 saturated carbocycles. The number of aliphatic hydroxyl groups excluding tert-OH is 1. The molecule has 0 aliphatic carbocycles. The van der Waals surface area contributed by atoms with Crippen molar-refractivity contribution in [2.45, 2.75) is 25.9 Å². The molecule has 0 unspecified atom stereocenters. The van der Waals surface area contributed by atoms with Gasteiger partial charge in [-0.2, -0.15) is 0 Å². The molecule has 2 atom stereocenters. The van der Waals surface area contributed by atoms with Gasteiger partial charge in [-0.3, -0.25) is 0 Å². The quantitative estimate of drug-likeness (QED) is 0.492. The third kappa shape index (κ3) is 6.82. The second-order valence-corrected chi connectivity index (χ2v) is 3.53. The predicted octanol–water partition coefficient (Wildman–Crippen LogP) is -0.603. The van der Waals surface area contributed by atoms with E-state index in [4.69, 9.17) is 15.9 Å². The zero-order valence-electron chi connectivity index (χ0n) is 8.57. The number of hydrogen-bond acceptors (Lipinski definition) is 4. The third-order valence-electron chi connectivity index (χ3n) is 2.03. The van der Waals surface area contributed by atoms with Gasteiger partial charge in [-0.25, -0.2) is 4.79 Å². The molecule has 84 valence electrons. The third-order valence-corrected chi connectivity index (χ3v) is 2.03. The van der Waals surface area contributed by atoms with E-state index in [9.17, 15) is 4.79 Å². The van der Waals surface area contributed by atoms with E-state index in [-0.39, 0.29) is 13.0 Å². The van der Waals surface area contributed by atoms with Crippen molar-refractivity contribution in [1.29, 1.82) is 0 Å². The van der Waals surface area contributed by atoms with Crippen molar-refractivity contribution in [1.82, 2.24) is 5.32 Å². The van der Waals surface area contributed by atoms with Crippen LogP contribution in [0.2, 0.25) is 0 Å². The van der Waals surface area contributed by atoms with E-state index >= 15 is 0 Å². The fraction of sp³-hybridized carbons (Fsp3) is 0.889. The van der Waals surface area contributed by atoms with Crippen LogP contribution in [0.25, 0.3) is 0 Å². The molecule has 0 spiro atoms. The molecule has 14 heavy (non-hydrogen) atoms. The van der Waals surface area contributed by atoms with Crippen LogP contribution in [-0.2, 0) is 4.79 Å². The summed E-state index contributed by atoms with van der Waals surface area (Å²) in [6.45, 7) is 4.95. The van der Waals surface area contributed by atoms with E-state index in [1.54, 1.807) is 0 Å². The van der Waals surface area contributed by atoms with Crippen LogP contribution in [0.15, 0.2) is 0 Å². The first-order valence-corrected chi connectivity index (χ1v) is 4.89. The Morgan fingerprint density at radius 2 is 2.36 bits per heavy atom. The van der Waals surface area contributed by atoms with Crippen LogP contribution in [0.3, 0.4) is 0 Å². The minimum Gasteiger partial charge on any atom is -0.479 e. The van der Waals surface area contributed by atoms with Crippen LogP contribution in [0.5, 0.6) is 0 Å². The number of hydrogen-bond donors (Lipinski definition) is 4. The molecule has 1 fully saturated rings. The monoisotopic (exact) mass is 204 g/mol. The number of carboxylic acid groups (broad SMARTS) is 1. The predicted molar refractivity (Wildman–Crippen MR) is 54.0 cm³/mol. The highest BCUT2D eigenvalue weighted by Gasteiger charge is 2.09. The van der Waals surface area contributed by atoms with Gasteiger partial charge in [0.2, 0.25) is 0 Å². The summed E-state index contributed by atoms with van der Waals surface area (Å²) in [6, 6.07) is 0. The average molecular weight is 204 g/mol. The number of nitrogens with two attached hydrogens (primary N) is 1. The summed E-state index contributed by atoms with van der Waals surface area (Å²) in [4.78, 5) is 9.78. The number of aliphatic hydroxyl groups is 1. The topological polar surface area (TPSA) is 95.6 Å². The maximum absolute atomic E-state index is 9.78. The highest BCUT2D eigenvalue weighted by molar-refractivity contribution is 5.71. The van der Waals surface area contributed by atoms with Crippen LogP contribution in [0.4, 0.5) is 0 Å². The Bertz CT molecular complexity index is 158. The van der Waals surface area contributed by atoms with Gasteiger partial charge in [0, 0.05) is 0 Å². The van der Waals surface area contributed by atoms with Gasteiger partial charge in [0.25, 0.3) is 0 Å². The second-order valence-electron chi connectivity index (χ2n) is 3.53. The van der Waals surface area contributed by atoms with Gasteiger partial charge in [-0.1, -0.05) is 6.92 Å². The molecule has 0 bridgehead atoms. The van der Waals surface area contributed by atoms with Gasteiger partial charge in [-0.05, 0) is 38.4 Å². The first-order valence-electron chi connectivity index (χ1n) is 4.89. The van der Waals surface area contributed by atoms with E-state index < -0.39 is 12.1 Å². The minimum absolute atomic E-state index is 0.120. The Morgan fingerprint density at radius 3 is 2.50 bits per heavy atom. The molecule has 0 aromatic carbocycles. The van der Waals surface area contributed by atoms with Crippen molar-refractivity contribution in [2.24, 2.45) is 11.7 Å². The van der Waals surface area contributed by atoms with Gasteiger partial charge in [0.15, 0.2) is 6.10 Å². The summed E-state index contributed by atoms with van der Waals surface area (Å²) in [6.07, 6.45) is 0.204. The molecular weight excluding hydrogens is 184 g/mol. The standard InChI is InChI=1S/C5H11N.C4H9NO3/c1-5-2-3-6-4-5;5-2-1-3(6)4(7)8/h5-6H,2-4H2,1H3;3,6H,1-2,5H2,(H,7,8)/t5-;3-/m00/s1. The molecule has 1 rings (SSSR count). The summed E-state index contributed by atoms with van der Waals surface area (Å²) in [5, 5.41) is 19.7. The van der Waals surface area contributed by atoms with Gasteiger partial charge in [0.1, 0.15) is 0 Å². The fourth-order valence-electron chi connectivity index (χ4n) is 1.08. The van der Waals surface area contributed by atoms with E-state index in [1.165, 1.54) is 19.5 Å². The lowest BCUT2D eigenvalue weighted by Gasteiger charge is -1.99. The van der Waals surface area contributed by atoms with Crippen LogP contribution in [0.1, 0.15) is 19.8 Å². The molecule has 0 aromatic rings. The average Bonchev–Trinajstić information content (AvgIpc) is 2.57. The van der Waals surface area contributed by atoms with E-state index in [1.807, 2.05) is 0 Å². The van der Waals surface area contributed by atoms with Gasteiger partial charge < -0.3 is 21.3 Å². The van der Waals surface area contributed by atoms with Crippen molar-refractivity contribution in [3.63, 3.8) is 0 Å². The number of carbonyl (C=O) groups is 1. The van der Waals surface area contributed by atoms with Gasteiger partial charge >= 0.3 is 5.97 Å². The molecule has 1 aliphatic rings. The zero-order valence-corrected chi connectivity index (χ0v) is 8.57. The molecule has 0 aromatic heterocycles. The molecule has 0 radical (unpaired) electrons. The Kier molecular flexibility index (Phi) is 7.37. The smallest absolute Gasteiger partial charge is 0.332 e. The molecule has 1 aliphatic heterocycles. The SMILES string of the molecule is C[C@H]1CCNC1.NCC[C@H](O)C(=O)O. The second kappa shape index (κ2) is 7.73. The lowest BCUT2D eigenvalue weighted by Crippen LogP contribution is -2.22. The minimum atomic E-state index is -1.29. The van der Waals surface area contributed by atoms with Crippen LogP contribution in [0, 0.1) is 5.92 Å². The highest BCUT2D eigenvalue weighted by Crippen LogP contribution is 2.03. The molecule has 0 amide bonds. The molecule has 1 heterocycles. The molecule has 5 N–H and O–H groups in total. The molecule has 1 saturated heterocycles. The lowest BCUT2D eigenvalue weighted by atomic mass is 10.2. The summed E-state index contributed by atoms with van der Waals surface area (Å²) in [7, 11) is 0. The van der Waals surface area contributed by atoms with Crippen molar-refractivity contribution in [3.05, 3.63) is 0 Å².